The molecule has 1 aromatic carbocycles. The van der Waals surface area contributed by atoms with Gasteiger partial charge in [0.25, 0.3) is 0 Å². The second kappa shape index (κ2) is 2.70. The van der Waals surface area contributed by atoms with Crippen LogP contribution in [0.15, 0.2) is 28.7 Å². The number of carbonyl (C=O) groups is 1. The second-order valence-corrected chi connectivity index (χ2v) is 4.20. The van der Waals surface area contributed by atoms with E-state index in [4.69, 9.17) is 0 Å². The highest BCUT2D eigenvalue weighted by molar-refractivity contribution is 9.10. The molecule has 0 saturated heterocycles. The third kappa shape index (κ3) is 1.20. The molecule has 2 heteroatoms. The summed E-state index contributed by atoms with van der Waals surface area (Å²) in [6.07, 6.45) is 3.10. The van der Waals surface area contributed by atoms with Crippen LogP contribution < -0.4 is 0 Å². The van der Waals surface area contributed by atoms with Crippen molar-refractivity contribution in [3.8, 4) is 0 Å². The molecule has 1 aliphatic rings. The number of carbonyl (C=O) groups excluding carboxylic acids is 1. The van der Waals surface area contributed by atoms with E-state index in [9.17, 15) is 4.79 Å². The summed E-state index contributed by atoms with van der Waals surface area (Å²) < 4.78 is 1.06. The Morgan fingerprint density at radius 2 is 1.83 bits per heavy atom. The zero-order valence-corrected chi connectivity index (χ0v) is 8.17. The van der Waals surface area contributed by atoms with Crippen molar-refractivity contribution in [2.24, 2.45) is 0 Å². The SMILES string of the molecule is O=CC1(c2ccc(Br)cc2)CC1. The maximum absolute atomic E-state index is 10.8. The lowest BCUT2D eigenvalue weighted by Crippen LogP contribution is -2.06. The van der Waals surface area contributed by atoms with E-state index in [0.717, 1.165) is 29.2 Å². The molecule has 0 amide bonds. The van der Waals surface area contributed by atoms with Crippen molar-refractivity contribution in [1.29, 1.82) is 0 Å². The molecule has 1 aliphatic carbocycles. The minimum atomic E-state index is -0.124. The van der Waals surface area contributed by atoms with Gasteiger partial charge in [-0.25, -0.2) is 0 Å². The van der Waals surface area contributed by atoms with Crippen LogP contribution in [0.5, 0.6) is 0 Å². The summed E-state index contributed by atoms with van der Waals surface area (Å²) >= 11 is 3.37. The molecule has 1 aromatic rings. The van der Waals surface area contributed by atoms with Gasteiger partial charge in [-0.2, -0.15) is 0 Å². The average molecular weight is 225 g/mol. The highest BCUT2D eigenvalue weighted by Gasteiger charge is 2.43. The molecule has 1 fully saturated rings. The lowest BCUT2D eigenvalue weighted by atomic mass is 9.98. The Balaban J connectivity index is 2.35. The highest BCUT2D eigenvalue weighted by atomic mass is 79.9. The molecule has 1 saturated carbocycles. The van der Waals surface area contributed by atoms with Crippen molar-refractivity contribution in [3.63, 3.8) is 0 Å². The van der Waals surface area contributed by atoms with Crippen LogP contribution in [-0.4, -0.2) is 6.29 Å². The van der Waals surface area contributed by atoms with Crippen molar-refractivity contribution in [2.45, 2.75) is 18.3 Å². The Morgan fingerprint density at radius 3 is 2.25 bits per heavy atom. The van der Waals surface area contributed by atoms with E-state index in [1.54, 1.807) is 0 Å². The van der Waals surface area contributed by atoms with Crippen LogP contribution in [0.25, 0.3) is 0 Å². The van der Waals surface area contributed by atoms with Crippen molar-refractivity contribution >= 4 is 22.2 Å². The molecule has 0 radical (unpaired) electrons. The van der Waals surface area contributed by atoms with Crippen molar-refractivity contribution in [3.05, 3.63) is 34.3 Å². The van der Waals surface area contributed by atoms with Crippen LogP contribution in [0.1, 0.15) is 18.4 Å². The summed E-state index contributed by atoms with van der Waals surface area (Å²) in [7, 11) is 0. The van der Waals surface area contributed by atoms with Gasteiger partial charge in [0, 0.05) is 4.47 Å². The number of rotatable bonds is 2. The zero-order chi connectivity index (χ0) is 8.60. The maximum Gasteiger partial charge on any atom is 0.130 e. The Labute approximate surface area is 79.9 Å². The lowest BCUT2D eigenvalue weighted by molar-refractivity contribution is -0.109. The Morgan fingerprint density at radius 1 is 1.25 bits per heavy atom. The van der Waals surface area contributed by atoms with Crippen molar-refractivity contribution in [2.75, 3.05) is 0 Å². The predicted molar refractivity (Wildman–Crippen MR) is 51.1 cm³/mol. The Hall–Kier alpha value is -0.630. The number of halogens is 1. The molecule has 0 atom stereocenters. The molecule has 0 N–H and O–H groups in total. The zero-order valence-electron chi connectivity index (χ0n) is 6.59. The quantitative estimate of drug-likeness (QED) is 0.707. The molecule has 0 unspecified atom stereocenters. The van der Waals surface area contributed by atoms with Crippen molar-refractivity contribution in [1.82, 2.24) is 0 Å². The third-order valence-electron chi connectivity index (χ3n) is 2.43. The summed E-state index contributed by atoms with van der Waals surface area (Å²) in [5.41, 5.74) is 1.03. The van der Waals surface area contributed by atoms with Gasteiger partial charge in [-0.15, -0.1) is 0 Å². The minimum Gasteiger partial charge on any atom is -0.302 e. The molecular formula is C10H9BrO. The standard InChI is InChI=1S/C10H9BrO/c11-9-3-1-8(2-4-9)10(7-12)5-6-10/h1-4,7H,5-6H2. The molecule has 62 valence electrons. The number of benzene rings is 1. The molecule has 2 rings (SSSR count). The topological polar surface area (TPSA) is 17.1 Å². The van der Waals surface area contributed by atoms with Gasteiger partial charge in [0.2, 0.25) is 0 Å². The predicted octanol–water partition coefficient (Wildman–Crippen LogP) is 2.68. The molecule has 0 spiro atoms. The van der Waals surface area contributed by atoms with Gasteiger partial charge in [-0.3, -0.25) is 0 Å². The summed E-state index contributed by atoms with van der Waals surface area (Å²) in [6.45, 7) is 0. The number of hydrogen-bond acceptors (Lipinski definition) is 1. The van der Waals surface area contributed by atoms with E-state index in [-0.39, 0.29) is 5.41 Å². The average Bonchev–Trinajstić information content (AvgIpc) is 2.86. The second-order valence-electron chi connectivity index (χ2n) is 3.28. The Bertz CT molecular complexity index is 298. The molecule has 0 heterocycles. The van der Waals surface area contributed by atoms with Crippen LogP contribution in [0.2, 0.25) is 0 Å². The summed E-state index contributed by atoms with van der Waals surface area (Å²) in [4.78, 5) is 10.8. The molecular weight excluding hydrogens is 216 g/mol. The molecule has 12 heavy (non-hydrogen) atoms. The van der Waals surface area contributed by atoms with Crippen LogP contribution >= 0.6 is 15.9 Å². The Kier molecular flexibility index (Phi) is 1.80. The van der Waals surface area contributed by atoms with Crippen LogP contribution in [0, 0.1) is 0 Å². The van der Waals surface area contributed by atoms with E-state index in [2.05, 4.69) is 15.9 Å². The monoisotopic (exact) mass is 224 g/mol. The molecule has 1 nitrogen and oxygen atoms in total. The number of hydrogen-bond donors (Lipinski definition) is 0. The number of aldehydes is 1. The van der Waals surface area contributed by atoms with E-state index in [1.165, 1.54) is 0 Å². The fraction of sp³-hybridized carbons (Fsp3) is 0.300. The normalized spacial score (nSPS) is 18.8. The first-order valence-corrected chi connectivity index (χ1v) is 4.78. The van der Waals surface area contributed by atoms with Crippen LogP contribution in [-0.2, 0) is 10.2 Å². The fourth-order valence-electron chi connectivity index (χ4n) is 1.39. The third-order valence-corrected chi connectivity index (χ3v) is 2.96. The molecule has 0 bridgehead atoms. The van der Waals surface area contributed by atoms with Gasteiger partial charge in [0.15, 0.2) is 0 Å². The van der Waals surface area contributed by atoms with Crippen LogP contribution in [0.4, 0.5) is 0 Å². The lowest BCUT2D eigenvalue weighted by Gasteiger charge is -2.06. The van der Waals surface area contributed by atoms with Gasteiger partial charge >= 0.3 is 0 Å². The first-order valence-electron chi connectivity index (χ1n) is 3.99. The van der Waals surface area contributed by atoms with Crippen LogP contribution in [0.3, 0.4) is 0 Å². The minimum absolute atomic E-state index is 0.124. The molecule has 0 aliphatic heterocycles. The highest BCUT2D eigenvalue weighted by Crippen LogP contribution is 2.46. The summed E-state index contributed by atoms with van der Waals surface area (Å²) in [6, 6.07) is 8.01. The molecule has 0 aromatic heterocycles. The van der Waals surface area contributed by atoms with Crippen molar-refractivity contribution < 1.29 is 4.79 Å². The largest absolute Gasteiger partial charge is 0.302 e. The maximum atomic E-state index is 10.8. The van der Waals surface area contributed by atoms with E-state index in [1.807, 2.05) is 24.3 Å². The first kappa shape index (κ1) is 7.99. The van der Waals surface area contributed by atoms with E-state index in [0.29, 0.717) is 0 Å². The van der Waals surface area contributed by atoms with E-state index >= 15 is 0 Å². The smallest absolute Gasteiger partial charge is 0.130 e. The van der Waals surface area contributed by atoms with Gasteiger partial charge in [-0.1, -0.05) is 28.1 Å². The van der Waals surface area contributed by atoms with Gasteiger partial charge < -0.3 is 4.79 Å². The first-order chi connectivity index (χ1) is 5.77. The summed E-state index contributed by atoms with van der Waals surface area (Å²) in [5, 5.41) is 0. The fourth-order valence-corrected chi connectivity index (χ4v) is 1.66. The van der Waals surface area contributed by atoms with E-state index < -0.39 is 0 Å². The van der Waals surface area contributed by atoms with Gasteiger partial charge in [-0.05, 0) is 30.5 Å². The summed E-state index contributed by atoms with van der Waals surface area (Å²) in [5.74, 6) is 0. The van der Waals surface area contributed by atoms with Gasteiger partial charge in [0.1, 0.15) is 6.29 Å². The van der Waals surface area contributed by atoms with Gasteiger partial charge in [0.05, 0.1) is 5.41 Å².